The second-order valence-electron chi connectivity index (χ2n) is 3.15. The molecule has 1 aromatic rings. The van der Waals surface area contributed by atoms with E-state index in [0.717, 1.165) is 17.1 Å². The summed E-state index contributed by atoms with van der Waals surface area (Å²) in [6.07, 6.45) is 1.91. The number of carbonyl (C=O) groups is 1. The van der Waals surface area contributed by atoms with Crippen molar-refractivity contribution in [3.05, 3.63) is 11.4 Å². The molecule has 1 rings (SSSR count). The maximum atomic E-state index is 11.4. The Labute approximate surface area is 88.1 Å². The number of thioether (sulfide) groups is 1. The highest BCUT2D eigenvalue weighted by Gasteiger charge is 2.11. The van der Waals surface area contributed by atoms with Crippen molar-refractivity contribution in [1.82, 2.24) is 9.78 Å². The number of hydrogen-bond donors (Lipinski definition) is 1. The number of anilines is 1. The summed E-state index contributed by atoms with van der Waals surface area (Å²) in [5, 5.41) is 7.08. The van der Waals surface area contributed by atoms with E-state index in [9.17, 15) is 4.79 Å². The lowest BCUT2D eigenvalue weighted by atomic mass is 10.3. The summed E-state index contributed by atoms with van der Waals surface area (Å²) >= 11 is 1.51. The SMILES string of the molecule is CSCC(=O)Nc1c(C)nn(C)c1C. The largest absolute Gasteiger partial charge is 0.322 e. The van der Waals surface area contributed by atoms with E-state index in [1.165, 1.54) is 11.8 Å². The van der Waals surface area contributed by atoms with Gasteiger partial charge in [0.2, 0.25) is 5.91 Å². The quantitative estimate of drug-likeness (QED) is 0.824. The van der Waals surface area contributed by atoms with Crippen molar-refractivity contribution in [1.29, 1.82) is 0 Å². The molecule has 4 nitrogen and oxygen atoms in total. The van der Waals surface area contributed by atoms with Crippen molar-refractivity contribution in [3.8, 4) is 0 Å². The van der Waals surface area contributed by atoms with Crippen LogP contribution in [0.2, 0.25) is 0 Å². The van der Waals surface area contributed by atoms with Crippen molar-refractivity contribution >= 4 is 23.4 Å². The van der Waals surface area contributed by atoms with E-state index >= 15 is 0 Å². The highest BCUT2D eigenvalue weighted by molar-refractivity contribution is 7.99. The molecule has 0 fully saturated rings. The molecule has 5 heteroatoms. The Balaban J connectivity index is 2.81. The Morgan fingerprint density at radius 3 is 2.64 bits per heavy atom. The Morgan fingerprint density at radius 2 is 2.21 bits per heavy atom. The summed E-state index contributed by atoms with van der Waals surface area (Å²) in [7, 11) is 1.87. The average Bonchev–Trinajstić information content (AvgIpc) is 2.33. The van der Waals surface area contributed by atoms with Crippen LogP contribution in [0.3, 0.4) is 0 Å². The van der Waals surface area contributed by atoms with E-state index < -0.39 is 0 Å². The minimum atomic E-state index is 0.0247. The molecular formula is C9H15N3OS. The summed E-state index contributed by atoms with van der Waals surface area (Å²) in [5.74, 6) is 0.505. The first-order valence-electron chi connectivity index (χ1n) is 4.35. The fourth-order valence-corrected chi connectivity index (χ4v) is 1.60. The molecule has 0 aliphatic heterocycles. The molecule has 14 heavy (non-hydrogen) atoms. The lowest BCUT2D eigenvalue weighted by molar-refractivity contribution is -0.113. The maximum absolute atomic E-state index is 11.4. The van der Waals surface area contributed by atoms with Gasteiger partial charge in [0, 0.05) is 7.05 Å². The summed E-state index contributed by atoms with van der Waals surface area (Å²) in [5.41, 5.74) is 2.68. The highest BCUT2D eigenvalue weighted by Crippen LogP contribution is 2.18. The number of hydrogen-bond acceptors (Lipinski definition) is 3. The van der Waals surface area contributed by atoms with Crippen molar-refractivity contribution in [2.45, 2.75) is 13.8 Å². The molecule has 0 saturated heterocycles. The van der Waals surface area contributed by atoms with Crippen LogP contribution < -0.4 is 5.32 Å². The van der Waals surface area contributed by atoms with Crippen LogP contribution >= 0.6 is 11.8 Å². The Hall–Kier alpha value is -0.970. The number of nitrogens with one attached hydrogen (secondary N) is 1. The van der Waals surface area contributed by atoms with Crippen LogP contribution in [-0.4, -0.2) is 27.7 Å². The number of carbonyl (C=O) groups excluding carboxylic acids is 1. The maximum Gasteiger partial charge on any atom is 0.234 e. The smallest absolute Gasteiger partial charge is 0.234 e. The van der Waals surface area contributed by atoms with Gasteiger partial charge >= 0.3 is 0 Å². The minimum Gasteiger partial charge on any atom is -0.322 e. The van der Waals surface area contributed by atoms with E-state index in [-0.39, 0.29) is 5.91 Å². The molecule has 0 aromatic carbocycles. The molecule has 1 N–H and O–H groups in total. The standard InChI is InChI=1S/C9H15N3OS/c1-6-9(7(2)12(3)11-6)10-8(13)5-14-4/h5H2,1-4H3,(H,10,13). The van der Waals surface area contributed by atoms with Gasteiger partial charge in [0.05, 0.1) is 22.8 Å². The summed E-state index contributed by atoms with van der Waals surface area (Å²) in [4.78, 5) is 11.4. The molecule has 0 saturated carbocycles. The third-order valence-corrected chi connectivity index (χ3v) is 2.60. The topological polar surface area (TPSA) is 46.9 Å². The lowest BCUT2D eigenvalue weighted by Crippen LogP contribution is -2.14. The first-order valence-corrected chi connectivity index (χ1v) is 5.74. The fourth-order valence-electron chi connectivity index (χ4n) is 1.26. The zero-order valence-electron chi connectivity index (χ0n) is 8.92. The molecule has 78 valence electrons. The Morgan fingerprint density at radius 1 is 1.57 bits per heavy atom. The third kappa shape index (κ3) is 2.29. The molecule has 0 atom stereocenters. The van der Waals surface area contributed by atoms with Crippen molar-refractivity contribution < 1.29 is 4.79 Å². The van der Waals surface area contributed by atoms with Crippen LogP contribution in [0.15, 0.2) is 0 Å². The Bertz CT molecular complexity index is 346. The molecular weight excluding hydrogens is 198 g/mol. The lowest BCUT2D eigenvalue weighted by Gasteiger charge is -2.03. The van der Waals surface area contributed by atoms with Crippen LogP contribution in [0.1, 0.15) is 11.4 Å². The van der Waals surface area contributed by atoms with Gasteiger partial charge in [0.1, 0.15) is 0 Å². The summed E-state index contributed by atoms with van der Waals surface area (Å²) < 4.78 is 1.77. The Kier molecular flexibility index (Phi) is 3.57. The van der Waals surface area contributed by atoms with Gasteiger partial charge < -0.3 is 5.32 Å². The predicted octanol–water partition coefficient (Wildman–Crippen LogP) is 1.34. The van der Waals surface area contributed by atoms with Gasteiger partial charge in [-0.3, -0.25) is 9.48 Å². The minimum absolute atomic E-state index is 0.0247. The van der Waals surface area contributed by atoms with Crippen LogP contribution in [0.5, 0.6) is 0 Å². The van der Waals surface area contributed by atoms with E-state index in [1.54, 1.807) is 4.68 Å². The summed E-state index contributed by atoms with van der Waals surface area (Å²) in [6.45, 7) is 3.83. The molecule has 0 bridgehead atoms. The van der Waals surface area contributed by atoms with Gasteiger partial charge in [-0.15, -0.1) is 0 Å². The van der Waals surface area contributed by atoms with Gasteiger partial charge in [-0.25, -0.2) is 0 Å². The van der Waals surface area contributed by atoms with E-state index in [0.29, 0.717) is 5.75 Å². The van der Waals surface area contributed by atoms with Gasteiger partial charge in [0.15, 0.2) is 0 Å². The molecule has 0 spiro atoms. The number of aryl methyl sites for hydroxylation is 2. The van der Waals surface area contributed by atoms with Gasteiger partial charge in [-0.1, -0.05) is 0 Å². The fraction of sp³-hybridized carbons (Fsp3) is 0.556. The zero-order valence-corrected chi connectivity index (χ0v) is 9.73. The zero-order chi connectivity index (χ0) is 10.7. The van der Waals surface area contributed by atoms with E-state index in [1.807, 2.05) is 27.2 Å². The summed E-state index contributed by atoms with van der Waals surface area (Å²) in [6, 6.07) is 0. The van der Waals surface area contributed by atoms with Crippen LogP contribution in [0.4, 0.5) is 5.69 Å². The number of rotatable bonds is 3. The molecule has 0 aliphatic rings. The monoisotopic (exact) mass is 213 g/mol. The second-order valence-corrected chi connectivity index (χ2v) is 4.02. The van der Waals surface area contributed by atoms with Crippen LogP contribution in [0.25, 0.3) is 0 Å². The van der Waals surface area contributed by atoms with Crippen molar-refractivity contribution in [3.63, 3.8) is 0 Å². The highest BCUT2D eigenvalue weighted by atomic mass is 32.2. The first-order chi connectivity index (χ1) is 6.56. The average molecular weight is 213 g/mol. The number of amides is 1. The predicted molar refractivity (Wildman–Crippen MR) is 59.7 cm³/mol. The van der Waals surface area contributed by atoms with Crippen molar-refractivity contribution in [2.75, 3.05) is 17.3 Å². The van der Waals surface area contributed by atoms with Gasteiger partial charge in [0.25, 0.3) is 0 Å². The van der Waals surface area contributed by atoms with Crippen molar-refractivity contribution in [2.24, 2.45) is 7.05 Å². The normalized spacial score (nSPS) is 10.3. The van der Waals surface area contributed by atoms with Crippen LogP contribution in [-0.2, 0) is 11.8 Å². The number of nitrogens with zero attached hydrogens (tertiary/aromatic N) is 2. The molecule has 0 unspecified atom stereocenters. The van der Waals surface area contributed by atoms with Gasteiger partial charge in [-0.2, -0.15) is 16.9 Å². The molecule has 1 aromatic heterocycles. The molecule has 0 radical (unpaired) electrons. The third-order valence-electron chi connectivity index (χ3n) is 2.05. The number of aromatic nitrogens is 2. The van der Waals surface area contributed by atoms with Gasteiger partial charge in [-0.05, 0) is 20.1 Å². The second kappa shape index (κ2) is 4.50. The van der Waals surface area contributed by atoms with E-state index in [4.69, 9.17) is 0 Å². The molecule has 1 heterocycles. The molecule has 1 amide bonds. The van der Waals surface area contributed by atoms with Crippen LogP contribution in [0, 0.1) is 13.8 Å². The van der Waals surface area contributed by atoms with E-state index in [2.05, 4.69) is 10.4 Å². The first kappa shape index (κ1) is 11.1. The molecule has 0 aliphatic carbocycles.